The Bertz CT molecular complexity index is 621. The zero-order valence-electron chi connectivity index (χ0n) is 14.0. The fourth-order valence-corrected chi connectivity index (χ4v) is 2.93. The van der Waals surface area contributed by atoms with Gasteiger partial charge in [0.25, 0.3) is 5.91 Å². The van der Waals surface area contributed by atoms with Gasteiger partial charge >= 0.3 is 0 Å². The molecule has 2 rings (SSSR count). The summed E-state index contributed by atoms with van der Waals surface area (Å²) in [6.07, 6.45) is 0. The van der Waals surface area contributed by atoms with Crippen molar-refractivity contribution in [2.24, 2.45) is 0 Å². The van der Waals surface area contributed by atoms with E-state index in [1.165, 1.54) is 0 Å². The fraction of sp³-hybridized carbons (Fsp3) is 0.421. The molecule has 0 atom stereocenters. The van der Waals surface area contributed by atoms with Crippen molar-refractivity contribution in [3.63, 3.8) is 0 Å². The summed E-state index contributed by atoms with van der Waals surface area (Å²) in [6, 6.07) is 14.8. The Labute approximate surface area is 133 Å². The SMILES string of the molecule is CC(C)N(CCNC(=O)c1cccc2ccccc12)C(C)C. The van der Waals surface area contributed by atoms with E-state index < -0.39 is 0 Å². The van der Waals surface area contributed by atoms with Crippen LogP contribution in [0.2, 0.25) is 0 Å². The number of hydrogen-bond acceptors (Lipinski definition) is 2. The maximum Gasteiger partial charge on any atom is 0.251 e. The van der Waals surface area contributed by atoms with E-state index in [1.54, 1.807) is 0 Å². The van der Waals surface area contributed by atoms with Gasteiger partial charge in [-0.3, -0.25) is 9.69 Å². The van der Waals surface area contributed by atoms with Gasteiger partial charge in [-0.05, 0) is 44.5 Å². The summed E-state index contributed by atoms with van der Waals surface area (Å²) in [4.78, 5) is 14.8. The first kappa shape index (κ1) is 16.5. The van der Waals surface area contributed by atoms with E-state index in [4.69, 9.17) is 0 Å². The number of carbonyl (C=O) groups is 1. The number of benzene rings is 2. The molecule has 3 heteroatoms. The van der Waals surface area contributed by atoms with Crippen molar-refractivity contribution in [1.82, 2.24) is 10.2 Å². The highest BCUT2D eigenvalue weighted by molar-refractivity contribution is 6.06. The summed E-state index contributed by atoms with van der Waals surface area (Å²) < 4.78 is 0. The normalized spacial score (nSPS) is 11.6. The maximum atomic E-state index is 12.5. The molecule has 22 heavy (non-hydrogen) atoms. The minimum absolute atomic E-state index is 0.00395. The highest BCUT2D eigenvalue weighted by Gasteiger charge is 2.14. The summed E-state index contributed by atoms with van der Waals surface area (Å²) in [5.74, 6) is 0.00395. The minimum atomic E-state index is 0.00395. The third-order valence-electron chi connectivity index (χ3n) is 4.02. The first-order valence-corrected chi connectivity index (χ1v) is 8.02. The Morgan fingerprint density at radius 1 is 1.00 bits per heavy atom. The number of fused-ring (bicyclic) bond motifs is 1. The lowest BCUT2D eigenvalue weighted by Crippen LogP contribution is -2.42. The van der Waals surface area contributed by atoms with Crippen LogP contribution in [-0.4, -0.2) is 36.0 Å². The fourth-order valence-electron chi connectivity index (χ4n) is 2.93. The molecule has 0 aliphatic rings. The van der Waals surface area contributed by atoms with Crippen LogP contribution in [0.5, 0.6) is 0 Å². The summed E-state index contributed by atoms with van der Waals surface area (Å²) in [5, 5.41) is 5.16. The lowest BCUT2D eigenvalue weighted by molar-refractivity contribution is 0.0941. The standard InChI is InChI=1S/C19H26N2O/c1-14(2)21(15(3)4)13-12-20-19(22)18-11-7-9-16-8-5-6-10-17(16)18/h5-11,14-15H,12-13H2,1-4H3,(H,20,22). The number of nitrogens with one attached hydrogen (secondary N) is 1. The molecule has 2 aromatic rings. The van der Waals surface area contributed by atoms with Crippen molar-refractivity contribution in [2.75, 3.05) is 13.1 Å². The summed E-state index contributed by atoms with van der Waals surface area (Å²) in [6.45, 7) is 10.3. The largest absolute Gasteiger partial charge is 0.351 e. The first-order chi connectivity index (χ1) is 10.5. The Hall–Kier alpha value is -1.87. The van der Waals surface area contributed by atoms with Crippen molar-refractivity contribution >= 4 is 16.7 Å². The quantitative estimate of drug-likeness (QED) is 0.882. The van der Waals surface area contributed by atoms with Crippen LogP contribution in [0.3, 0.4) is 0 Å². The zero-order valence-corrected chi connectivity index (χ0v) is 14.0. The van der Waals surface area contributed by atoms with Gasteiger partial charge < -0.3 is 5.32 Å². The number of hydrogen-bond donors (Lipinski definition) is 1. The molecule has 2 aromatic carbocycles. The topological polar surface area (TPSA) is 32.3 Å². The third kappa shape index (κ3) is 3.86. The van der Waals surface area contributed by atoms with Gasteiger partial charge in [0.05, 0.1) is 0 Å². The average molecular weight is 298 g/mol. The van der Waals surface area contributed by atoms with Gasteiger partial charge in [-0.25, -0.2) is 0 Å². The lowest BCUT2D eigenvalue weighted by atomic mass is 10.0. The van der Waals surface area contributed by atoms with Crippen molar-refractivity contribution in [3.05, 3.63) is 48.0 Å². The number of carbonyl (C=O) groups excluding carboxylic acids is 1. The molecule has 0 saturated heterocycles. The van der Waals surface area contributed by atoms with Crippen molar-refractivity contribution in [3.8, 4) is 0 Å². The molecule has 0 fully saturated rings. The van der Waals surface area contributed by atoms with Gasteiger partial charge in [-0.1, -0.05) is 36.4 Å². The second-order valence-electron chi connectivity index (χ2n) is 6.21. The molecule has 1 amide bonds. The molecule has 0 spiro atoms. The Balaban J connectivity index is 2.03. The van der Waals surface area contributed by atoms with Crippen LogP contribution in [-0.2, 0) is 0 Å². The van der Waals surface area contributed by atoms with E-state index in [9.17, 15) is 4.79 Å². The first-order valence-electron chi connectivity index (χ1n) is 8.02. The van der Waals surface area contributed by atoms with E-state index in [0.29, 0.717) is 18.6 Å². The predicted molar refractivity (Wildman–Crippen MR) is 93.3 cm³/mol. The molecule has 0 heterocycles. The molecule has 0 unspecified atom stereocenters. The highest BCUT2D eigenvalue weighted by atomic mass is 16.1. The molecule has 118 valence electrons. The third-order valence-corrected chi connectivity index (χ3v) is 4.02. The van der Waals surface area contributed by atoms with E-state index in [1.807, 2.05) is 42.5 Å². The van der Waals surface area contributed by atoms with E-state index in [2.05, 4.69) is 37.9 Å². The average Bonchev–Trinajstić information content (AvgIpc) is 2.50. The smallest absolute Gasteiger partial charge is 0.251 e. The van der Waals surface area contributed by atoms with Crippen LogP contribution in [0.15, 0.2) is 42.5 Å². The predicted octanol–water partition coefficient (Wildman–Crippen LogP) is 3.69. The van der Waals surface area contributed by atoms with Crippen LogP contribution in [0.4, 0.5) is 0 Å². The van der Waals surface area contributed by atoms with Crippen LogP contribution < -0.4 is 5.32 Å². The molecule has 0 aliphatic carbocycles. The molecule has 0 aromatic heterocycles. The van der Waals surface area contributed by atoms with Crippen LogP contribution in [0.25, 0.3) is 10.8 Å². The van der Waals surface area contributed by atoms with E-state index >= 15 is 0 Å². The molecule has 0 radical (unpaired) electrons. The number of rotatable bonds is 6. The minimum Gasteiger partial charge on any atom is -0.351 e. The van der Waals surface area contributed by atoms with Gasteiger partial charge in [-0.2, -0.15) is 0 Å². The van der Waals surface area contributed by atoms with E-state index in [-0.39, 0.29) is 5.91 Å². The second-order valence-corrected chi connectivity index (χ2v) is 6.21. The van der Waals surface area contributed by atoms with E-state index in [0.717, 1.165) is 22.9 Å². The Morgan fingerprint density at radius 2 is 1.64 bits per heavy atom. The van der Waals surface area contributed by atoms with Crippen LogP contribution >= 0.6 is 0 Å². The number of amides is 1. The zero-order chi connectivity index (χ0) is 16.1. The van der Waals surface area contributed by atoms with Crippen LogP contribution in [0, 0.1) is 0 Å². The lowest BCUT2D eigenvalue weighted by Gasteiger charge is -2.30. The number of nitrogens with zero attached hydrogens (tertiary/aromatic N) is 1. The van der Waals surface area contributed by atoms with Crippen molar-refractivity contribution < 1.29 is 4.79 Å². The Morgan fingerprint density at radius 3 is 2.32 bits per heavy atom. The summed E-state index contributed by atoms with van der Waals surface area (Å²) in [7, 11) is 0. The monoisotopic (exact) mass is 298 g/mol. The molecule has 0 saturated carbocycles. The molecular formula is C19H26N2O. The highest BCUT2D eigenvalue weighted by Crippen LogP contribution is 2.18. The second kappa shape index (κ2) is 7.41. The molecule has 0 aliphatic heterocycles. The van der Waals surface area contributed by atoms with Gasteiger partial charge in [0, 0.05) is 30.7 Å². The Kier molecular flexibility index (Phi) is 5.56. The molecule has 3 nitrogen and oxygen atoms in total. The maximum absolute atomic E-state index is 12.5. The molecular weight excluding hydrogens is 272 g/mol. The van der Waals surface area contributed by atoms with Gasteiger partial charge in [0.15, 0.2) is 0 Å². The van der Waals surface area contributed by atoms with Crippen molar-refractivity contribution in [2.45, 2.75) is 39.8 Å². The molecule has 0 bridgehead atoms. The van der Waals surface area contributed by atoms with Crippen LogP contribution in [0.1, 0.15) is 38.1 Å². The van der Waals surface area contributed by atoms with Gasteiger partial charge in [0.2, 0.25) is 0 Å². The summed E-state index contributed by atoms with van der Waals surface area (Å²) >= 11 is 0. The summed E-state index contributed by atoms with van der Waals surface area (Å²) in [5.41, 5.74) is 0.749. The van der Waals surface area contributed by atoms with Crippen molar-refractivity contribution in [1.29, 1.82) is 0 Å². The van der Waals surface area contributed by atoms with Gasteiger partial charge in [-0.15, -0.1) is 0 Å². The molecule has 1 N–H and O–H groups in total. The van der Waals surface area contributed by atoms with Gasteiger partial charge in [0.1, 0.15) is 0 Å².